The maximum Gasteiger partial charge on any atom is 0.197 e. The summed E-state index contributed by atoms with van der Waals surface area (Å²) < 4.78 is 5.74. The lowest BCUT2D eigenvalue weighted by molar-refractivity contribution is 0.103. The summed E-state index contributed by atoms with van der Waals surface area (Å²) >= 11 is 5.89. The molecule has 0 bridgehead atoms. The van der Waals surface area contributed by atoms with Gasteiger partial charge in [0, 0.05) is 17.4 Å². The van der Waals surface area contributed by atoms with Crippen molar-refractivity contribution in [3.05, 3.63) is 64.4 Å². The first kappa shape index (κ1) is 13.7. The molecule has 0 aliphatic heterocycles. The zero-order valence-corrected chi connectivity index (χ0v) is 12.1. The summed E-state index contributed by atoms with van der Waals surface area (Å²) in [5.41, 5.74) is 1.69. The molecular formula is C17H13ClO3. The van der Waals surface area contributed by atoms with Crippen molar-refractivity contribution in [1.82, 2.24) is 0 Å². The van der Waals surface area contributed by atoms with Gasteiger partial charge in [-0.15, -0.1) is 0 Å². The lowest BCUT2D eigenvalue weighted by Crippen LogP contribution is -2.03. The zero-order valence-electron chi connectivity index (χ0n) is 11.4. The lowest BCUT2D eigenvalue weighted by Gasteiger charge is -2.03. The fourth-order valence-corrected chi connectivity index (χ4v) is 2.57. The van der Waals surface area contributed by atoms with Gasteiger partial charge in [0.25, 0.3) is 0 Å². The largest absolute Gasteiger partial charge is 0.506 e. The van der Waals surface area contributed by atoms with Crippen LogP contribution < -0.4 is 0 Å². The van der Waals surface area contributed by atoms with E-state index in [1.807, 2.05) is 31.2 Å². The van der Waals surface area contributed by atoms with Crippen molar-refractivity contribution in [1.29, 1.82) is 0 Å². The topological polar surface area (TPSA) is 50.4 Å². The fraction of sp³-hybridized carbons (Fsp3) is 0.118. The molecule has 3 aromatic rings. The number of hydrogen-bond donors (Lipinski definition) is 1. The summed E-state index contributed by atoms with van der Waals surface area (Å²) in [4.78, 5) is 12.8. The first-order valence-electron chi connectivity index (χ1n) is 6.65. The average Bonchev–Trinajstić information content (AvgIpc) is 2.87. The second-order valence-electron chi connectivity index (χ2n) is 4.75. The second kappa shape index (κ2) is 5.26. The number of carbonyl (C=O) groups excluding carboxylic acids is 1. The highest BCUT2D eigenvalue weighted by atomic mass is 35.5. The molecule has 0 spiro atoms. The first-order chi connectivity index (χ1) is 10.1. The molecule has 2 aromatic carbocycles. The van der Waals surface area contributed by atoms with Crippen LogP contribution in [0.3, 0.4) is 0 Å². The van der Waals surface area contributed by atoms with E-state index in [2.05, 4.69) is 0 Å². The number of furan rings is 1. The third kappa shape index (κ3) is 2.30. The minimum atomic E-state index is -0.154. The zero-order chi connectivity index (χ0) is 15.0. The van der Waals surface area contributed by atoms with Crippen molar-refractivity contribution >= 4 is 28.4 Å². The van der Waals surface area contributed by atoms with E-state index in [1.165, 1.54) is 12.1 Å². The Morgan fingerprint density at radius 1 is 1.24 bits per heavy atom. The number of hydrogen-bond acceptors (Lipinski definition) is 3. The van der Waals surface area contributed by atoms with E-state index in [0.29, 0.717) is 28.9 Å². The lowest BCUT2D eigenvalue weighted by atomic mass is 9.99. The van der Waals surface area contributed by atoms with Gasteiger partial charge in [-0.3, -0.25) is 4.79 Å². The molecular weight excluding hydrogens is 288 g/mol. The molecule has 0 aliphatic rings. The van der Waals surface area contributed by atoms with Crippen molar-refractivity contribution in [3.8, 4) is 5.75 Å². The molecule has 0 aliphatic carbocycles. The molecule has 0 unspecified atom stereocenters. The molecule has 3 rings (SSSR count). The van der Waals surface area contributed by atoms with Gasteiger partial charge in [0.05, 0.1) is 10.6 Å². The first-order valence-corrected chi connectivity index (χ1v) is 7.03. The van der Waals surface area contributed by atoms with Crippen molar-refractivity contribution in [2.24, 2.45) is 0 Å². The molecule has 3 nitrogen and oxygen atoms in total. The van der Waals surface area contributed by atoms with E-state index in [-0.39, 0.29) is 16.6 Å². The van der Waals surface area contributed by atoms with Crippen molar-refractivity contribution in [2.45, 2.75) is 13.3 Å². The van der Waals surface area contributed by atoms with Crippen LogP contribution in [0.1, 0.15) is 28.6 Å². The molecule has 21 heavy (non-hydrogen) atoms. The highest BCUT2D eigenvalue weighted by molar-refractivity contribution is 6.32. The summed E-state index contributed by atoms with van der Waals surface area (Å²) in [7, 11) is 0. The van der Waals surface area contributed by atoms with E-state index >= 15 is 0 Å². The summed E-state index contributed by atoms with van der Waals surface area (Å²) in [6, 6.07) is 11.9. The van der Waals surface area contributed by atoms with Crippen molar-refractivity contribution < 1.29 is 14.3 Å². The van der Waals surface area contributed by atoms with Gasteiger partial charge in [-0.1, -0.05) is 36.7 Å². The quantitative estimate of drug-likeness (QED) is 0.720. The number of halogens is 1. The number of fused-ring (bicyclic) bond motifs is 1. The summed E-state index contributed by atoms with van der Waals surface area (Å²) in [6.07, 6.45) is 0.627. The predicted octanol–water partition coefficient (Wildman–Crippen LogP) is 4.59. The number of aryl methyl sites for hydroxylation is 1. The van der Waals surface area contributed by atoms with E-state index in [1.54, 1.807) is 6.07 Å². The van der Waals surface area contributed by atoms with Gasteiger partial charge in [-0.05, 0) is 24.3 Å². The number of aromatic hydroxyl groups is 1. The average molecular weight is 301 g/mol. The van der Waals surface area contributed by atoms with Crippen LogP contribution in [0, 0.1) is 0 Å². The van der Waals surface area contributed by atoms with Gasteiger partial charge in [-0.25, -0.2) is 0 Å². The number of carbonyl (C=O) groups is 1. The Labute approximate surface area is 126 Å². The normalized spacial score (nSPS) is 11.0. The van der Waals surface area contributed by atoms with Crippen LogP contribution in [0.25, 0.3) is 11.0 Å². The van der Waals surface area contributed by atoms with E-state index in [4.69, 9.17) is 16.0 Å². The maximum absolute atomic E-state index is 12.8. The van der Waals surface area contributed by atoms with Crippen molar-refractivity contribution in [3.63, 3.8) is 0 Å². The third-order valence-electron chi connectivity index (χ3n) is 3.43. The van der Waals surface area contributed by atoms with Gasteiger partial charge in [0.1, 0.15) is 17.1 Å². The van der Waals surface area contributed by atoms with Crippen LogP contribution in [-0.2, 0) is 6.42 Å². The summed E-state index contributed by atoms with van der Waals surface area (Å²) in [5, 5.41) is 10.4. The standard InChI is InChI=1S/C17H13ClO3/c1-2-14-16(11-5-3-4-6-15(11)21-14)17(20)10-7-8-13(19)12(18)9-10/h3-9,19H,2H2,1H3. The smallest absolute Gasteiger partial charge is 0.197 e. The Hall–Kier alpha value is -2.26. The summed E-state index contributed by atoms with van der Waals surface area (Å²) in [5.74, 6) is 0.463. The Bertz CT molecular complexity index is 833. The summed E-state index contributed by atoms with van der Waals surface area (Å²) in [6.45, 7) is 1.94. The van der Waals surface area contributed by atoms with Crippen LogP contribution in [0.15, 0.2) is 46.9 Å². The van der Waals surface area contributed by atoms with Crippen LogP contribution in [0.2, 0.25) is 5.02 Å². The van der Waals surface area contributed by atoms with E-state index < -0.39 is 0 Å². The molecule has 0 saturated heterocycles. The molecule has 1 heterocycles. The van der Waals surface area contributed by atoms with E-state index in [9.17, 15) is 9.90 Å². The van der Waals surface area contributed by atoms with Gasteiger partial charge >= 0.3 is 0 Å². The fourth-order valence-electron chi connectivity index (χ4n) is 2.39. The molecule has 1 N–H and O–H groups in total. The maximum atomic E-state index is 12.8. The minimum absolute atomic E-state index is 0.0408. The van der Waals surface area contributed by atoms with Gasteiger partial charge in [0.2, 0.25) is 0 Å². The number of phenolic OH excluding ortho intramolecular Hbond substituents is 1. The van der Waals surface area contributed by atoms with Crippen LogP contribution in [0.4, 0.5) is 0 Å². The molecule has 0 saturated carbocycles. The molecule has 1 aromatic heterocycles. The number of benzene rings is 2. The highest BCUT2D eigenvalue weighted by Crippen LogP contribution is 2.30. The van der Waals surface area contributed by atoms with E-state index in [0.717, 1.165) is 5.39 Å². The molecule has 106 valence electrons. The van der Waals surface area contributed by atoms with Crippen molar-refractivity contribution in [2.75, 3.05) is 0 Å². The van der Waals surface area contributed by atoms with Gasteiger partial charge < -0.3 is 9.52 Å². The number of ketones is 1. The highest BCUT2D eigenvalue weighted by Gasteiger charge is 2.21. The molecule has 0 fully saturated rings. The molecule has 0 radical (unpaired) electrons. The molecule has 0 atom stereocenters. The Morgan fingerprint density at radius 3 is 2.71 bits per heavy atom. The Morgan fingerprint density at radius 2 is 2.00 bits per heavy atom. The molecule has 4 heteroatoms. The monoisotopic (exact) mass is 300 g/mol. The Balaban J connectivity index is 2.18. The predicted molar refractivity (Wildman–Crippen MR) is 82.1 cm³/mol. The molecule has 0 amide bonds. The van der Waals surface area contributed by atoms with Crippen LogP contribution in [0.5, 0.6) is 5.75 Å². The Kier molecular flexibility index (Phi) is 3.43. The van der Waals surface area contributed by atoms with Gasteiger partial charge in [-0.2, -0.15) is 0 Å². The number of para-hydroxylation sites is 1. The second-order valence-corrected chi connectivity index (χ2v) is 5.15. The minimum Gasteiger partial charge on any atom is -0.506 e. The van der Waals surface area contributed by atoms with Crippen LogP contribution >= 0.6 is 11.6 Å². The number of rotatable bonds is 3. The third-order valence-corrected chi connectivity index (χ3v) is 3.73. The van der Waals surface area contributed by atoms with Gasteiger partial charge in [0.15, 0.2) is 5.78 Å². The van der Waals surface area contributed by atoms with Crippen LogP contribution in [-0.4, -0.2) is 10.9 Å². The number of phenols is 1. The SMILES string of the molecule is CCc1oc2ccccc2c1C(=O)c1ccc(O)c(Cl)c1.